The van der Waals surface area contributed by atoms with Crippen LogP contribution in [0.15, 0.2) is 41.2 Å². The average Bonchev–Trinajstić information content (AvgIpc) is 3.40. The number of piperidine rings is 1. The van der Waals surface area contributed by atoms with Gasteiger partial charge in [-0.25, -0.2) is 8.78 Å². The van der Waals surface area contributed by atoms with E-state index < -0.39 is 11.6 Å². The summed E-state index contributed by atoms with van der Waals surface area (Å²) in [5, 5.41) is 2.76. The molecule has 30 heavy (non-hydrogen) atoms. The lowest BCUT2D eigenvalue weighted by molar-refractivity contribution is -0.122. The standard InChI is InChI=1S/C22H24F2N2O4/c23-17-1-2-19(24)16(11-17)12-20(27)25-13-18-3-5-22(30-18)6-8-26(9-7-22)21(28)15-4-10-29-14-15/h1-2,4,10-11,14,18H,3,5-9,12-13H2,(H,25,27). The molecule has 160 valence electrons. The number of hydrogen-bond donors (Lipinski definition) is 1. The van der Waals surface area contributed by atoms with Gasteiger partial charge in [0.05, 0.1) is 30.0 Å². The normalized spacial score (nSPS) is 20.5. The predicted molar refractivity (Wildman–Crippen MR) is 104 cm³/mol. The lowest BCUT2D eigenvalue weighted by Gasteiger charge is -2.39. The number of nitrogens with one attached hydrogen (secondary N) is 1. The molecule has 2 aliphatic heterocycles. The van der Waals surface area contributed by atoms with Gasteiger partial charge in [0.15, 0.2) is 0 Å². The number of amides is 2. The molecule has 1 atom stereocenters. The Bertz CT molecular complexity index is 908. The Morgan fingerprint density at radius 3 is 2.70 bits per heavy atom. The average molecular weight is 418 g/mol. The van der Waals surface area contributed by atoms with Crippen LogP contribution in [0, 0.1) is 11.6 Å². The van der Waals surface area contributed by atoms with Crippen molar-refractivity contribution in [2.75, 3.05) is 19.6 Å². The van der Waals surface area contributed by atoms with E-state index in [1.165, 1.54) is 12.5 Å². The van der Waals surface area contributed by atoms with Crippen LogP contribution < -0.4 is 5.32 Å². The zero-order chi connectivity index (χ0) is 21.1. The number of nitrogens with zero attached hydrogens (tertiary/aromatic N) is 1. The molecule has 2 aromatic rings. The molecule has 3 heterocycles. The first kappa shape index (κ1) is 20.5. The third-order valence-electron chi connectivity index (χ3n) is 5.95. The van der Waals surface area contributed by atoms with Gasteiger partial charge in [-0.1, -0.05) is 0 Å². The first-order valence-corrected chi connectivity index (χ1v) is 10.1. The summed E-state index contributed by atoms with van der Waals surface area (Å²) in [4.78, 5) is 26.4. The molecule has 0 aliphatic carbocycles. The van der Waals surface area contributed by atoms with Crippen molar-refractivity contribution in [3.8, 4) is 0 Å². The van der Waals surface area contributed by atoms with Crippen LogP contribution in [-0.2, 0) is 16.0 Å². The molecule has 1 aromatic carbocycles. The van der Waals surface area contributed by atoms with Crippen molar-refractivity contribution in [2.45, 2.75) is 43.8 Å². The molecule has 2 fully saturated rings. The Labute approximate surface area is 173 Å². The summed E-state index contributed by atoms with van der Waals surface area (Å²) in [6.45, 7) is 1.55. The Kier molecular flexibility index (Phi) is 5.85. The number of furan rings is 1. The summed E-state index contributed by atoms with van der Waals surface area (Å²) in [6, 6.07) is 4.74. The summed E-state index contributed by atoms with van der Waals surface area (Å²) in [7, 11) is 0. The summed E-state index contributed by atoms with van der Waals surface area (Å²) < 4.78 is 38.2. The van der Waals surface area contributed by atoms with Gasteiger partial charge >= 0.3 is 0 Å². The number of rotatable bonds is 5. The highest BCUT2D eigenvalue weighted by Gasteiger charge is 2.43. The van der Waals surface area contributed by atoms with E-state index in [0.29, 0.717) is 25.2 Å². The molecule has 2 amide bonds. The summed E-state index contributed by atoms with van der Waals surface area (Å²) in [6.07, 6.45) is 5.78. The van der Waals surface area contributed by atoms with Crippen LogP contribution in [0.4, 0.5) is 8.78 Å². The SMILES string of the molecule is O=C(Cc1cc(F)ccc1F)NCC1CCC2(CCN(C(=O)c3ccoc3)CC2)O1. The Hall–Kier alpha value is -2.74. The third kappa shape index (κ3) is 4.53. The van der Waals surface area contributed by atoms with Crippen LogP contribution in [0.2, 0.25) is 0 Å². The molecule has 4 rings (SSSR count). The van der Waals surface area contributed by atoms with Gasteiger partial charge in [-0.05, 0) is 49.9 Å². The molecule has 1 aromatic heterocycles. The van der Waals surface area contributed by atoms with Crippen LogP contribution in [0.5, 0.6) is 0 Å². The van der Waals surface area contributed by atoms with Crippen LogP contribution in [0.3, 0.4) is 0 Å². The minimum Gasteiger partial charge on any atom is -0.472 e. The minimum atomic E-state index is -0.598. The maximum atomic E-state index is 13.7. The van der Waals surface area contributed by atoms with E-state index in [2.05, 4.69) is 5.32 Å². The number of likely N-dealkylation sites (tertiary alicyclic amines) is 1. The second-order valence-corrected chi connectivity index (χ2v) is 7.98. The van der Waals surface area contributed by atoms with Crippen LogP contribution in [0.1, 0.15) is 41.6 Å². The van der Waals surface area contributed by atoms with Gasteiger partial charge < -0.3 is 19.4 Å². The van der Waals surface area contributed by atoms with Gasteiger partial charge in [-0.15, -0.1) is 0 Å². The molecule has 2 saturated heterocycles. The molecule has 8 heteroatoms. The molecule has 0 radical (unpaired) electrons. The van der Waals surface area contributed by atoms with Crippen molar-refractivity contribution < 1.29 is 27.5 Å². The molecule has 1 spiro atoms. The molecule has 0 saturated carbocycles. The zero-order valence-corrected chi connectivity index (χ0v) is 16.5. The number of ether oxygens (including phenoxy) is 1. The van der Waals surface area contributed by atoms with Gasteiger partial charge in [0.1, 0.15) is 17.9 Å². The van der Waals surface area contributed by atoms with E-state index in [1.807, 2.05) is 4.90 Å². The first-order chi connectivity index (χ1) is 14.4. The van der Waals surface area contributed by atoms with Gasteiger partial charge in [-0.2, -0.15) is 0 Å². The third-order valence-corrected chi connectivity index (χ3v) is 5.95. The molecular weight excluding hydrogens is 394 g/mol. The molecule has 1 N–H and O–H groups in total. The van der Waals surface area contributed by atoms with Crippen molar-refractivity contribution in [3.05, 3.63) is 59.6 Å². The molecule has 2 aliphatic rings. The fraction of sp³-hybridized carbons (Fsp3) is 0.455. The molecular formula is C22H24F2N2O4. The van der Waals surface area contributed by atoms with Crippen molar-refractivity contribution in [3.63, 3.8) is 0 Å². The van der Waals surface area contributed by atoms with E-state index in [9.17, 15) is 18.4 Å². The number of halogens is 2. The molecule has 1 unspecified atom stereocenters. The highest BCUT2D eigenvalue weighted by Crippen LogP contribution is 2.39. The van der Waals surface area contributed by atoms with E-state index in [0.717, 1.165) is 43.9 Å². The quantitative estimate of drug-likeness (QED) is 0.810. The van der Waals surface area contributed by atoms with E-state index in [4.69, 9.17) is 9.15 Å². The Morgan fingerprint density at radius 2 is 1.97 bits per heavy atom. The topological polar surface area (TPSA) is 71.8 Å². The van der Waals surface area contributed by atoms with Crippen molar-refractivity contribution >= 4 is 11.8 Å². The summed E-state index contributed by atoms with van der Waals surface area (Å²) in [5.41, 5.74) is 0.316. The smallest absolute Gasteiger partial charge is 0.257 e. The highest BCUT2D eigenvalue weighted by molar-refractivity contribution is 5.93. The van der Waals surface area contributed by atoms with E-state index in [-0.39, 0.29) is 35.5 Å². The summed E-state index contributed by atoms with van der Waals surface area (Å²) >= 11 is 0. The zero-order valence-electron chi connectivity index (χ0n) is 16.5. The lowest BCUT2D eigenvalue weighted by atomic mass is 9.88. The second kappa shape index (κ2) is 8.55. The minimum absolute atomic E-state index is 0.0333. The maximum absolute atomic E-state index is 13.7. The number of hydrogen-bond acceptors (Lipinski definition) is 4. The van der Waals surface area contributed by atoms with Gasteiger partial charge in [0, 0.05) is 25.2 Å². The first-order valence-electron chi connectivity index (χ1n) is 10.1. The fourth-order valence-electron chi connectivity index (χ4n) is 4.24. The molecule has 0 bridgehead atoms. The monoisotopic (exact) mass is 418 g/mol. The fourth-order valence-corrected chi connectivity index (χ4v) is 4.24. The molecule has 6 nitrogen and oxygen atoms in total. The van der Waals surface area contributed by atoms with Crippen molar-refractivity contribution in [1.82, 2.24) is 10.2 Å². The largest absolute Gasteiger partial charge is 0.472 e. The van der Waals surface area contributed by atoms with Gasteiger partial charge in [0.25, 0.3) is 5.91 Å². The van der Waals surface area contributed by atoms with Crippen LogP contribution in [-0.4, -0.2) is 48.1 Å². The number of benzene rings is 1. The maximum Gasteiger partial charge on any atom is 0.257 e. The predicted octanol–water partition coefficient (Wildman–Crippen LogP) is 3.07. The van der Waals surface area contributed by atoms with Crippen LogP contribution >= 0.6 is 0 Å². The van der Waals surface area contributed by atoms with Gasteiger partial charge in [-0.3, -0.25) is 9.59 Å². The Morgan fingerprint density at radius 1 is 1.17 bits per heavy atom. The van der Waals surface area contributed by atoms with E-state index >= 15 is 0 Å². The summed E-state index contributed by atoms with van der Waals surface area (Å²) in [5.74, 6) is -1.58. The second-order valence-electron chi connectivity index (χ2n) is 7.98. The van der Waals surface area contributed by atoms with Crippen molar-refractivity contribution in [1.29, 1.82) is 0 Å². The number of carbonyl (C=O) groups is 2. The van der Waals surface area contributed by atoms with Crippen molar-refractivity contribution in [2.24, 2.45) is 0 Å². The van der Waals surface area contributed by atoms with Crippen LogP contribution in [0.25, 0.3) is 0 Å². The van der Waals surface area contributed by atoms with Gasteiger partial charge in [0.2, 0.25) is 5.91 Å². The Balaban J connectivity index is 1.23. The lowest BCUT2D eigenvalue weighted by Crippen LogP contribution is -2.47. The number of carbonyl (C=O) groups excluding carboxylic acids is 2. The highest BCUT2D eigenvalue weighted by atomic mass is 19.1. The van der Waals surface area contributed by atoms with E-state index in [1.54, 1.807) is 6.07 Å².